The summed E-state index contributed by atoms with van der Waals surface area (Å²) < 4.78 is 76.0. The number of ether oxygens (including phenoxy) is 1. The first kappa shape index (κ1) is 29.0. The van der Waals surface area contributed by atoms with Gasteiger partial charge in [0.05, 0.1) is 17.1 Å². The summed E-state index contributed by atoms with van der Waals surface area (Å²) in [5.41, 5.74) is -4.16. The van der Waals surface area contributed by atoms with Gasteiger partial charge in [-0.2, -0.15) is 22.0 Å². The number of carbonyl (C=O) groups is 4. The highest BCUT2D eigenvalue weighted by Gasteiger charge is 2.49. The van der Waals surface area contributed by atoms with Crippen LogP contribution in [0.15, 0.2) is 36.4 Å². The average Bonchev–Trinajstić information content (AvgIpc) is 3.20. The third-order valence-electron chi connectivity index (χ3n) is 6.58. The molecule has 0 bridgehead atoms. The molecule has 2 aliphatic heterocycles. The van der Waals surface area contributed by atoms with Crippen LogP contribution in [0.25, 0.3) is 0 Å². The zero-order valence-corrected chi connectivity index (χ0v) is 21.3. The number of amides is 4. The van der Waals surface area contributed by atoms with Crippen molar-refractivity contribution in [3.05, 3.63) is 64.2 Å². The van der Waals surface area contributed by atoms with E-state index >= 15 is 0 Å². The molecule has 2 N–H and O–H groups in total. The Hall–Kier alpha value is -3.97. The van der Waals surface area contributed by atoms with Crippen LogP contribution in [0.1, 0.15) is 59.3 Å². The number of benzene rings is 2. The fraction of sp³-hybridized carbons (Fsp3) is 0.385. The van der Waals surface area contributed by atoms with Crippen molar-refractivity contribution in [2.75, 3.05) is 0 Å². The Kier molecular flexibility index (Phi) is 7.41. The third-order valence-corrected chi connectivity index (χ3v) is 6.58. The number of halogens is 5. The molecule has 1 saturated heterocycles. The van der Waals surface area contributed by atoms with E-state index in [1.54, 1.807) is 13.8 Å². The van der Waals surface area contributed by atoms with Gasteiger partial charge in [0.15, 0.2) is 0 Å². The molecule has 14 heteroatoms. The summed E-state index contributed by atoms with van der Waals surface area (Å²) in [5.74, 6) is -8.70. The van der Waals surface area contributed by atoms with E-state index in [-0.39, 0.29) is 36.3 Å². The van der Waals surface area contributed by atoms with E-state index in [9.17, 15) is 41.1 Å². The van der Waals surface area contributed by atoms with E-state index in [0.29, 0.717) is 17.7 Å². The van der Waals surface area contributed by atoms with E-state index in [0.717, 1.165) is 11.0 Å². The summed E-state index contributed by atoms with van der Waals surface area (Å²) in [6.45, 7) is 2.50. The summed E-state index contributed by atoms with van der Waals surface area (Å²) in [6.07, 6.45) is -5.86. The molecule has 2 aromatic rings. The largest absolute Gasteiger partial charge is 0.491 e. The van der Waals surface area contributed by atoms with E-state index in [1.165, 1.54) is 18.2 Å². The molecule has 2 aromatic carbocycles. The van der Waals surface area contributed by atoms with Gasteiger partial charge in [-0.3, -0.25) is 24.5 Å². The van der Waals surface area contributed by atoms with Crippen molar-refractivity contribution in [1.29, 1.82) is 0 Å². The Bertz CT molecular complexity index is 1400. The first-order valence-electron chi connectivity index (χ1n) is 12.2. The lowest BCUT2D eigenvalue weighted by Crippen LogP contribution is -2.63. The summed E-state index contributed by atoms with van der Waals surface area (Å²) in [4.78, 5) is 50.3. The van der Waals surface area contributed by atoms with Gasteiger partial charge >= 0.3 is 12.1 Å². The quantitative estimate of drug-likeness (QED) is 0.306. The molecular formula is C26H23BF5N3O5. The Morgan fingerprint density at radius 3 is 2.42 bits per heavy atom. The zero-order valence-electron chi connectivity index (χ0n) is 21.3. The predicted octanol–water partition coefficient (Wildman–Crippen LogP) is 3.16. The lowest BCUT2D eigenvalue weighted by atomic mass is 9.70. The van der Waals surface area contributed by atoms with Crippen molar-refractivity contribution in [2.45, 2.75) is 63.4 Å². The Labute approximate surface area is 226 Å². The van der Waals surface area contributed by atoms with Gasteiger partial charge in [0, 0.05) is 30.6 Å². The molecule has 4 amide bonds. The number of carbonyl (C=O) groups excluding carboxylic acids is 4. The van der Waals surface area contributed by atoms with Crippen LogP contribution in [0.5, 0.6) is 5.75 Å². The molecule has 1 atom stereocenters. The summed E-state index contributed by atoms with van der Waals surface area (Å²) >= 11 is 0. The molecule has 2 radical (unpaired) electrons. The van der Waals surface area contributed by atoms with Crippen molar-refractivity contribution in [1.82, 2.24) is 15.5 Å². The van der Waals surface area contributed by atoms with E-state index in [2.05, 4.69) is 5.32 Å². The van der Waals surface area contributed by atoms with E-state index in [4.69, 9.17) is 12.6 Å². The summed E-state index contributed by atoms with van der Waals surface area (Å²) in [5, 5.41) is 4.04. The average molecular weight is 563 g/mol. The molecule has 2 aliphatic rings. The number of alkyl halides is 5. The Balaban J connectivity index is 1.50. The van der Waals surface area contributed by atoms with Crippen LogP contribution in [-0.2, 0) is 39.6 Å². The van der Waals surface area contributed by atoms with Crippen LogP contribution in [0.4, 0.5) is 22.0 Å². The Morgan fingerprint density at radius 1 is 1.10 bits per heavy atom. The SMILES string of the molecule is [B]C1(N2Cc3cc(CNC(=O)C(F)(F)c4ccc(OC(C)C)cc4C(F)(F)F)ccc3C2=O)CCC(=O)NC1=O. The lowest BCUT2D eigenvalue weighted by molar-refractivity contribution is -0.153. The van der Waals surface area contributed by atoms with Gasteiger partial charge in [0.2, 0.25) is 11.8 Å². The van der Waals surface area contributed by atoms with Crippen molar-refractivity contribution in [2.24, 2.45) is 0 Å². The van der Waals surface area contributed by atoms with Crippen molar-refractivity contribution >= 4 is 31.5 Å². The highest BCUT2D eigenvalue weighted by atomic mass is 19.4. The minimum Gasteiger partial charge on any atom is -0.491 e. The van der Waals surface area contributed by atoms with Gasteiger partial charge < -0.3 is 15.0 Å². The number of imide groups is 1. The van der Waals surface area contributed by atoms with Crippen molar-refractivity contribution in [3.8, 4) is 5.75 Å². The number of rotatable bonds is 7. The van der Waals surface area contributed by atoms with Gasteiger partial charge in [-0.25, -0.2) is 0 Å². The molecule has 40 heavy (non-hydrogen) atoms. The van der Waals surface area contributed by atoms with Gasteiger partial charge in [0.25, 0.3) is 11.8 Å². The number of fused-ring (bicyclic) bond motifs is 1. The second kappa shape index (κ2) is 10.2. The molecule has 1 fully saturated rings. The Morgan fingerprint density at radius 2 is 1.80 bits per heavy atom. The summed E-state index contributed by atoms with van der Waals surface area (Å²) in [6, 6.07) is 6.02. The highest BCUT2D eigenvalue weighted by molar-refractivity contribution is 6.32. The normalized spacial score (nSPS) is 19.5. The number of nitrogens with one attached hydrogen (secondary N) is 2. The number of nitrogens with zero attached hydrogens (tertiary/aromatic N) is 1. The third kappa shape index (κ3) is 5.39. The summed E-state index contributed by atoms with van der Waals surface area (Å²) in [7, 11) is 6.17. The van der Waals surface area contributed by atoms with Crippen LogP contribution in [-0.4, -0.2) is 47.9 Å². The molecule has 1 unspecified atom stereocenters. The maximum Gasteiger partial charge on any atom is 0.417 e. The molecule has 8 nitrogen and oxygen atoms in total. The highest BCUT2D eigenvalue weighted by Crippen LogP contribution is 2.41. The van der Waals surface area contributed by atoms with E-state index in [1.807, 2.05) is 5.32 Å². The molecule has 4 rings (SSSR count). The van der Waals surface area contributed by atoms with Gasteiger partial charge in [-0.15, -0.1) is 0 Å². The van der Waals surface area contributed by atoms with Crippen LogP contribution in [0, 0.1) is 0 Å². The first-order chi connectivity index (χ1) is 18.5. The second-order valence-electron chi connectivity index (χ2n) is 9.81. The maximum atomic E-state index is 15.0. The fourth-order valence-corrected chi connectivity index (χ4v) is 4.57. The lowest BCUT2D eigenvalue weighted by Gasteiger charge is -2.40. The minimum absolute atomic E-state index is 0.0720. The van der Waals surface area contributed by atoms with Crippen LogP contribution in [0.3, 0.4) is 0 Å². The molecule has 0 aliphatic carbocycles. The second-order valence-corrected chi connectivity index (χ2v) is 9.81. The van der Waals surface area contributed by atoms with Crippen molar-refractivity contribution in [3.63, 3.8) is 0 Å². The van der Waals surface area contributed by atoms with Gasteiger partial charge in [-0.1, -0.05) is 12.1 Å². The number of hydrogen-bond acceptors (Lipinski definition) is 5. The van der Waals surface area contributed by atoms with Gasteiger partial charge in [0.1, 0.15) is 13.6 Å². The zero-order chi connectivity index (χ0) is 29.6. The van der Waals surface area contributed by atoms with E-state index < -0.39 is 64.9 Å². The molecule has 2 heterocycles. The van der Waals surface area contributed by atoms with Crippen LogP contribution < -0.4 is 15.4 Å². The molecular weight excluding hydrogens is 540 g/mol. The standard InChI is InChI=1S/C26H23BF5N3O5/c1-13(2)40-16-4-6-18(19(10-16)26(30,31)32)25(28,29)23(39)33-11-14-3-5-17-15(9-14)12-35(21(17)37)24(27)8-7-20(36)34-22(24)38/h3-6,9-10,13H,7-8,11-12H2,1-2H3,(H,33,39)(H,34,36,38). The topological polar surface area (TPSA) is 105 Å². The van der Waals surface area contributed by atoms with Gasteiger partial charge in [-0.05, 0) is 55.7 Å². The molecule has 0 saturated carbocycles. The van der Waals surface area contributed by atoms with Crippen LogP contribution >= 0.6 is 0 Å². The smallest absolute Gasteiger partial charge is 0.417 e. The number of piperidine rings is 1. The minimum atomic E-state index is -5.18. The predicted molar refractivity (Wildman–Crippen MR) is 130 cm³/mol. The first-order valence-corrected chi connectivity index (χ1v) is 12.2. The molecule has 0 spiro atoms. The monoisotopic (exact) mass is 563 g/mol. The molecule has 0 aromatic heterocycles. The fourth-order valence-electron chi connectivity index (χ4n) is 4.57. The van der Waals surface area contributed by atoms with Crippen molar-refractivity contribution < 1.29 is 45.9 Å². The number of hydrogen-bond donors (Lipinski definition) is 2. The molecule has 210 valence electrons. The van der Waals surface area contributed by atoms with Crippen LogP contribution in [0.2, 0.25) is 0 Å². The maximum absolute atomic E-state index is 15.0.